The zero-order chi connectivity index (χ0) is 17.8. The third kappa shape index (κ3) is 3.62. The summed E-state index contributed by atoms with van der Waals surface area (Å²) in [6.07, 6.45) is 5.53. The van der Waals surface area contributed by atoms with Crippen LogP contribution in [0.15, 0.2) is 47.5 Å². The highest BCUT2D eigenvalue weighted by Gasteiger charge is 2.11. The summed E-state index contributed by atoms with van der Waals surface area (Å²) in [4.78, 5) is 16.8. The van der Waals surface area contributed by atoms with Gasteiger partial charge in [-0.25, -0.2) is 4.39 Å². The van der Waals surface area contributed by atoms with Crippen molar-refractivity contribution in [3.63, 3.8) is 0 Å². The number of carbonyl (C=O) groups is 1. The molecule has 0 fully saturated rings. The molecule has 0 N–H and O–H groups in total. The molecule has 3 aromatic rings. The van der Waals surface area contributed by atoms with Crippen molar-refractivity contribution in [1.82, 2.24) is 4.57 Å². The average molecular weight is 354 g/mol. The van der Waals surface area contributed by atoms with Gasteiger partial charge in [-0.15, -0.1) is 6.42 Å². The van der Waals surface area contributed by atoms with Gasteiger partial charge in [-0.2, -0.15) is 4.99 Å². The zero-order valence-corrected chi connectivity index (χ0v) is 14.3. The number of para-hydroxylation sites is 1. The Labute approximate surface area is 148 Å². The number of amides is 1. The van der Waals surface area contributed by atoms with E-state index in [0.29, 0.717) is 15.0 Å². The second-order valence-electron chi connectivity index (χ2n) is 5.29. The van der Waals surface area contributed by atoms with Crippen LogP contribution in [0.25, 0.3) is 10.2 Å². The summed E-state index contributed by atoms with van der Waals surface area (Å²) >= 11 is 1.24. The minimum absolute atomic E-state index is 0.148. The summed E-state index contributed by atoms with van der Waals surface area (Å²) < 4.78 is 21.5. The van der Waals surface area contributed by atoms with Crippen molar-refractivity contribution >= 4 is 27.5 Å². The maximum Gasteiger partial charge on any atom is 0.252 e. The van der Waals surface area contributed by atoms with Gasteiger partial charge in [0.2, 0.25) is 0 Å². The van der Waals surface area contributed by atoms with Gasteiger partial charge in [-0.05, 0) is 29.8 Å². The van der Waals surface area contributed by atoms with Crippen molar-refractivity contribution in [2.24, 2.45) is 4.99 Å². The Morgan fingerprint density at radius 3 is 2.76 bits per heavy atom. The van der Waals surface area contributed by atoms with Crippen LogP contribution in [0.3, 0.4) is 0 Å². The summed E-state index contributed by atoms with van der Waals surface area (Å²) in [7, 11) is 1.58. The lowest BCUT2D eigenvalue weighted by Gasteiger charge is -2.02. The monoisotopic (exact) mass is 354 g/mol. The highest BCUT2D eigenvalue weighted by Crippen LogP contribution is 2.20. The summed E-state index contributed by atoms with van der Waals surface area (Å²) in [5.41, 5.74) is 1.20. The first-order chi connectivity index (χ1) is 12.1. The molecule has 0 aliphatic rings. The molecule has 1 amide bonds. The maximum absolute atomic E-state index is 14.1. The van der Waals surface area contributed by atoms with Gasteiger partial charge >= 0.3 is 0 Å². The van der Waals surface area contributed by atoms with Gasteiger partial charge in [-0.3, -0.25) is 4.79 Å². The van der Waals surface area contributed by atoms with Crippen molar-refractivity contribution < 1.29 is 13.9 Å². The third-order valence-corrected chi connectivity index (χ3v) is 4.68. The summed E-state index contributed by atoms with van der Waals surface area (Å²) in [5.74, 6) is 2.51. The van der Waals surface area contributed by atoms with Crippen LogP contribution in [0.2, 0.25) is 0 Å². The first kappa shape index (κ1) is 16.9. The number of nitrogens with zero attached hydrogens (tertiary/aromatic N) is 2. The SMILES string of the molecule is C#CCn1c(=NC(=O)Cc2ccc(OC)cc2)sc2cccc(F)c21. The first-order valence-electron chi connectivity index (χ1n) is 7.54. The standard InChI is InChI=1S/C19H15FN2O2S/c1-3-11-22-18-15(20)5-4-6-16(18)25-19(22)21-17(23)12-13-7-9-14(24-2)10-8-13/h1,4-10H,11-12H2,2H3. The van der Waals surface area contributed by atoms with Crippen LogP contribution in [0.5, 0.6) is 5.75 Å². The molecular formula is C19H15FN2O2S. The second kappa shape index (κ2) is 7.32. The molecule has 126 valence electrons. The van der Waals surface area contributed by atoms with Gasteiger partial charge in [0.1, 0.15) is 11.6 Å². The summed E-state index contributed by atoms with van der Waals surface area (Å²) in [6, 6.07) is 12.0. The predicted octanol–water partition coefficient (Wildman–Crippen LogP) is 3.15. The van der Waals surface area contributed by atoms with Gasteiger partial charge in [0.25, 0.3) is 5.91 Å². The zero-order valence-electron chi connectivity index (χ0n) is 13.5. The Morgan fingerprint density at radius 1 is 1.32 bits per heavy atom. The number of methoxy groups -OCH3 is 1. The van der Waals surface area contributed by atoms with Crippen molar-refractivity contribution in [3.05, 3.63) is 58.6 Å². The van der Waals surface area contributed by atoms with Crippen LogP contribution >= 0.6 is 11.3 Å². The Hall–Kier alpha value is -2.91. The third-order valence-electron chi connectivity index (χ3n) is 3.64. The maximum atomic E-state index is 14.1. The normalized spacial score (nSPS) is 11.5. The van der Waals surface area contributed by atoms with Crippen LogP contribution < -0.4 is 9.54 Å². The van der Waals surface area contributed by atoms with E-state index in [1.165, 1.54) is 17.4 Å². The van der Waals surface area contributed by atoms with Crippen molar-refractivity contribution in [2.75, 3.05) is 7.11 Å². The number of halogens is 1. The molecule has 0 atom stereocenters. The molecule has 4 nitrogen and oxygen atoms in total. The van der Waals surface area contributed by atoms with Crippen LogP contribution in [0.1, 0.15) is 5.56 Å². The highest BCUT2D eigenvalue weighted by atomic mass is 32.1. The molecule has 1 aromatic heterocycles. The van der Waals surface area contributed by atoms with E-state index >= 15 is 0 Å². The number of hydrogen-bond donors (Lipinski definition) is 0. The quantitative estimate of drug-likeness (QED) is 0.676. The van der Waals surface area contributed by atoms with E-state index in [9.17, 15) is 9.18 Å². The minimum Gasteiger partial charge on any atom is -0.497 e. The van der Waals surface area contributed by atoms with E-state index in [-0.39, 0.29) is 24.7 Å². The van der Waals surface area contributed by atoms with E-state index in [4.69, 9.17) is 11.2 Å². The molecule has 1 heterocycles. The van der Waals surface area contributed by atoms with Gasteiger partial charge in [0, 0.05) is 0 Å². The van der Waals surface area contributed by atoms with Gasteiger partial charge in [-0.1, -0.05) is 35.5 Å². The minimum atomic E-state index is -0.381. The summed E-state index contributed by atoms with van der Waals surface area (Å²) in [5, 5.41) is 0. The number of hydrogen-bond acceptors (Lipinski definition) is 3. The molecule has 0 unspecified atom stereocenters. The molecule has 0 aliphatic heterocycles. The molecule has 3 rings (SSSR count). The number of ether oxygens (including phenoxy) is 1. The lowest BCUT2D eigenvalue weighted by molar-refractivity contribution is -0.117. The van der Waals surface area contributed by atoms with Gasteiger partial charge < -0.3 is 9.30 Å². The smallest absolute Gasteiger partial charge is 0.252 e. The number of fused-ring (bicyclic) bond motifs is 1. The van der Waals surface area contributed by atoms with Crippen LogP contribution in [0, 0.1) is 18.2 Å². The number of aromatic nitrogens is 1. The average Bonchev–Trinajstić information content (AvgIpc) is 2.94. The van der Waals surface area contributed by atoms with E-state index in [0.717, 1.165) is 11.3 Å². The number of terminal acetylenes is 1. The van der Waals surface area contributed by atoms with E-state index in [1.54, 1.807) is 35.9 Å². The lowest BCUT2D eigenvalue weighted by Crippen LogP contribution is -2.17. The Morgan fingerprint density at radius 2 is 2.08 bits per heavy atom. The Balaban J connectivity index is 1.96. The predicted molar refractivity (Wildman–Crippen MR) is 95.9 cm³/mol. The lowest BCUT2D eigenvalue weighted by atomic mass is 10.1. The molecular weight excluding hydrogens is 339 g/mol. The van der Waals surface area contributed by atoms with Crippen LogP contribution in [-0.2, 0) is 17.8 Å². The molecule has 25 heavy (non-hydrogen) atoms. The number of rotatable bonds is 4. The van der Waals surface area contributed by atoms with E-state index in [1.807, 2.05) is 12.1 Å². The van der Waals surface area contributed by atoms with Crippen molar-refractivity contribution in [1.29, 1.82) is 0 Å². The fourth-order valence-corrected chi connectivity index (χ4v) is 3.54. The number of thiazole rings is 1. The van der Waals surface area contributed by atoms with Gasteiger partial charge in [0.15, 0.2) is 4.80 Å². The Kier molecular flexibility index (Phi) is 4.96. The second-order valence-corrected chi connectivity index (χ2v) is 6.30. The fourth-order valence-electron chi connectivity index (χ4n) is 2.47. The molecule has 2 aromatic carbocycles. The van der Waals surface area contributed by atoms with Crippen LogP contribution in [-0.4, -0.2) is 17.6 Å². The molecule has 0 saturated heterocycles. The number of carbonyl (C=O) groups excluding carboxylic acids is 1. The topological polar surface area (TPSA) is 43.6 Å². The fraction of sp³-hybridized carbons (Fsp3) is 0.158. The Bertz CT molecular complexity index is 1030. The van der Waals surface area contributed by atoms with E-state index in [2.05, 4.69) is 10.9 Å². The molecule has 6 heteroatoms. The molecule has 0 radical (unpaired) electrons. The molecule has 0 bridgehead atoms. The first-order valence-corrected chi connectivity index (χ1v) is 8.36. The van der Waals surface area contributed by atoms with Crippen molar-refractivity contribution in [2.45, 2.75) is 13.0 Å². The summed E-state index contributed by atoms with van der Waals surface area (Å²) in [6.45, 7) is 0.148. The largest absolute Gasteiger partial charge is 0.497 e. The highest BCUT2D eigenvalue weighted by molar-refractivity contribution is 7.16. The molecule has 0 saturated carbocycles. The number of benzene rings is 2. The van der Waals surface area contributed by atoms with Crippen LogP contribution in [0.4, 0.5) is 4.39 Å². The van der Waals surface area contributed by atoms with E-state index < -0.39 is 0 Å². The van der Waals surface area contributed by atoms with Crippen molar-refractivity contribution in [3.8, 4) is 18.1 Å². The molecule has 0 spiro atoms. The van der Waals surface area contributed by atoms with Gasteiger partial charge in [0.05, 0.1) is 30.3 Å². The molecule has 0 aliphatic carbocycles.